The molecule has 0 aliphatic carbocycles. The van der Waals surface area contributed by atoms with E-state index < -0.39 is 0 Å². The van der Waals surface area contributed by atoms with E-state index in [4.69, 9.17) is 0 Å². The minimum atomic E-state index is -0.367. The first-order valence-corrected chi connectivity index (χ1v) is 10.6. The molecule has 0 aliphatic rings. The summed E-state index contributed by atoms with van der Waals surface area (Å²) in [6.07, 6.45) is 0. The molecule has 0 atom stereocenters. The normalized spacial score (nSPS) is 11.0. The number of nitrogens with one attached hydrogen (secondary N) is 2. The number of halogens is 1. The second-order valence-electron chi connectivity index (χ2n) is 6.41. The number of fused-ring (bicyclic) bond motifs is 1. The van der Waals surface area contributed by atoms with E-state index >= 15 is 0 Å². The molecule has 146 valence electrons. The van der Waals surface area contributed by atoms with E-state index in [1.54, 1.807) is 0 Å². The molecule has 2 aromatic carbocycles. The molecule has 0 bridgehead atoms. The van der Waals surface area contributed by atoms with Crippen molar-refractivity contribution in [3.63, 3.8) is 0 Å². The van der Waals surface area contributed by atoms with E-state index in [1.807, 2.05) is 36.6 Å². The predicted molar refractivity (Wildman–Crippen MR) is 116 cm³/mol. The molecule has 4 aromatic rings. The van der Waals surface area contributed by atoms with E-state index in [0.717, 1.165) is 28.5 Å². The molecule has 2 N–H and O–H groups in total. The highest BCUT2D eigenvalue weighted by Gasteiger charge is 2.14. The van der Waals surface area contributed by atoms with Gasteiger partial charge in [-0.2, -0.15) is 0 Å². The number of benzene rings is 2. The van der Waals surface area contributed by atoms with Gasteiger partial charge in [-0.3, -0.25) is 9.59 Å². The smallest absolute Gasteiger partial charge is 0.260 e. The predicted octanol–water partition coefficient (Wildman–Crippen LogP) is 4.83. The van der Waals surface area contributed by atoms with Crippen molar-refractivity contribution in [2.24, 2.45) is 0 Å². The van der Waals surface area contributed by atoms with Crippen LogP contribution in [0.15, 0.2) is 63.9 Å². The molecule has 0 fully saturated rings. The van der Waals surface area contributed by atoms with Gasteiger partial charge in [-0.05, 0) is 36.8 Å². The lowest BCUT2D eigenvalue weighted by Crippen LogP contribution is -2.15. The Morgan fingerprint density at radius 3 is 2.62 bits per heavy atom. The fourth-order valence-electron chi connectivity index (χ4n) is 2.81. The van der Waals surface area contributed by atoms with Gasteiger partial charge in [-0.25, -0.2) is 9.37 Å². The van der Waals surface area contributed by atoms with Crippen molar-refractivity contribution >= 4 is 44.9 Å². The maximum absolute atomic E-state index is 12.9. The number of aryl methyl sites for hydroxylation is 1. The third-order valence-electron chi connectivity index (χ3n) is 4.25. The monoisotopic (exact) mass is 425 g/mol. The molecule has 29 heavy (non-hydrogen) atoms. The summed E-state index contributed by atoms with van der Waals surface area (Å²) in [5, 5.41) is 5.54. The van der Waals surface area contributed by atoms with Crippen LogP contribution >= 0.6 is 23.1 Å². The van der Waals surface area contributed by atoms with Gasteiger partial charge in [0.25, 0.3) is 5.56 Å². The molecular weight excluding hydrogens is 409 g/mol. The quantitative estimate of drug-likeness (QED) is 0.355. The van der Waals surface area contributed by atoms with Crippen LogP contribution < -0.4 is 10.9 Å². The highest BCUT2D eigenvalue weighted by atomic mass is 32.2. The molecule has 8 heteroatoms. The summed E-state index contributed by atoms with van der Waals surface area (Å²) < 4.78 is 12.9. The number of carbonyl (C=O) groups excluding carboxylic acids is 1. The van der Waals surface area contributed by atoms with Crippen LogP contribution in [0.1, 0.15) is 5.56 Å². The van der Waals surface area contributed by atoms with Gasteiger partial charge < -0.3 is 10.3 Å². The third-order valence-corrected chi connectivity index (χ3v) is 6.00. The molecule has 4 rings (SSSR count). The number of aromatic nitrogens is 2. The topological polar surface area (TPSA) is 74.8 Å². The summed E-state index contributed by atoms with van der Waals surface area (Å²) in [7, 11) is 0. The molecule has 0 saturated heterocycles. The third kappa shape index (κ3) is 4.38. The maximum Gasteiger partial charge on any atom is 0.260 e. The SMILES string of the molecule is Cc1ccc(-c2csc3nc(SCC(=O)Nc4ccc(F)cc4)[nH]c(=O)c23)cc1. The first kappa shape index (κ1) is 19.4. The Labute approximate surface area is 174 Å². The van der Waals surface area contributed by atoms with Crippen molar-refractivity contribution in [1.29, 1.82) is 0 Å². The molecule has 0 unspecified atom stereocenters. The standard InChI is InChI=1S/C21H16FN3O2S2/c1-12-2-4-13(5-3-12)16-10-28-20-18(16)19(27)24-21(25-20)29-11-17(26)23-15-8-6-14(22)7-9-15/h2-10H,11H2,1H3,(H,23,26)(H,24,25,27). The minimum absolute atomic E-state index is 0.0714. The number of H-pyrrole nitrogens is 1. The molecule has 1 amide bonds. The Balaban J connectivity index is 1.50. The minimum Gasteiger partial charge on any atom is -0.325 e. The Hall–Kier alpha value is -2.97. The fourth-order valence-corrected chi connectivity index (χ4v) is 4.47. The van der Waals surface area contributed by atoms with Crippen molar-refractivity contribution in [1.82, 2.24) is 9.97 Å². The zero-order valence-corrected chi connectivity index (χ0v) is 17.0. The summed E-state index contributed by atoms with van der Waals surface area (Å²) in [5.41, 5.74) is 3.25. The second kappa shape index (κ2) is 8.18. The Bertz CT molecular complexity index is 1230. The summed E-state index contributed by atoms with van der Waals surface area (Å²) in [5.74, 6) is -0.563. The molecule has 0 spiro atoms. The number of carbonyl (C=O) groups is 1. The lowest BCUT2D eigenvalue weighted by molar-refractivity contribution is -0.113. The maximum atomic E-state index is 12.9. The van der Waals surface area contributed by atoms with Crippen LogP contribution in [-0.4, -0.2) is 21.6 Å². The average Bonchev–Trinajstić information content (AvgIpc) is 3.13. The Kier molecular flexibility index (Phi) is 5.46. The van der Waals surface area contributed by atoms with Gasteiger partial charge in [-0.1, -0.05) is 41.6 Å². The van der Waals surface area contributed by atoms with Crippen LogP contribution in [0.4, 0.5) is 10.1 Å². The number of thiophene rings is 1. The summed E-state index contributed by atoms with van der Waals surface area (Å²) in [6.45, 7) is 2.01. The highest BCUT2D eigenvalue weighted by molar-refractivity contribution is 7.99. The van der Waals surface area contributed by atoms with Gasteiger partial charge in [0.15, 0.2) is 5.16 Å². The van der Waals surface area contributed by atoms with Crippen LogP contribution in [0.3, 0.4) is 0 Å². The molecule has 0 radical (unpaired) electrons. The van der Waals surface area contributed by atoms with E-state index in [0.29, 0.717) is 21.1 Å². The first-order valence-electron chi connectivity index (χ1n) is 8.76. The van der Waals surface area contributed by atoms with Gasteiger partial charge in [0.05, 0.1) is 11.1 Å². The van der Waals surface area contributed by atoms with E-state index in [-0.39, 0.29) is 23.0 Å². The zero-order valence-electron chi connectivity index (χ0n) is 15.4. The fraction of sp³-hybridized carbons (Fsp3) is 0.0952. The van der Waals surface area contributed by atoms with Crippen LogP contribution in [0, 0.1) is 12.7 Å². The van der Waals surface area contributed by atoms with E-state index in [1.165, 1.54) is 35.6 Å². The molecule has 2 aromatic heterocycles. The summed E-state index contributed by atoms with van der Waals surface area (Å²) in [6, 6.07) is 13.5. The number of aromatic amines is 1. The number of rotatable bonds is 5. The van der Waals surface area contributed by atoms with E-state index in [2.05, 4.69) is 15.3 Å². The number of hydrogen-bond donors (Lipinski definition) is 2. The van der Waals surface area contributed by atoms with Crippen molar-refractivity contribution in [3.8, 4) is 11.1 Å². The van der Waals surface area contributed by atoms with Crippen LogP contribution in [0.25, 0.3) is 21.3 Å². The number of hydrogen-bond acceptors (Lipinski definition) is 5. The van der Waals surface area contributed by atoms with Crippen LogP contribution in [0.2, 0.25) is 0 Å². The van der Waals surface area contributed by atoms with E-state index in [9.17, 15) is 14.0 Å². The number of nitrogens with zero attached hydrogens (tertiary/aromatic N) is 1. The van der Waals surface area contributed by atoms with Crippen LogP contribution in [0.5, 0.6) is 0 Å². The van der Waals surface area contributed by atoms with Gasteiger partial charge in [0.1, 0.15) is 10.6 Å². The lowest BCUT2D eigenvalue weighted by atomic mass is 10.1. The van der Waals surface area contributed by atoms with Crippen molar-refractivity contribution in [2.75, 3.05) is 11.1 Å². The molecular formula is C21H16FN3O2S2. The van der Waals surface area contributed by atoms with Gasteiger partial charge >= 0.3 is 0 Å². The average molecular weight is 426 g/mol. The molecule has 2 heterocycles. The molecule has 5 nitrogen and oxygen atoms in total. The van der Waals surface area contributed by atoms with Crippen molar-refractivity contribution in [3.05, 3.63) is 75.6 Å². The Morgan fingerprint density at radius 2 is 1.90 bits per heavy atom. The van der Waals surface area contributed by atoms with Gasteiger partial charge in [0.2, 0.25) is 5.91 Å². The number of anilines is 1. The van der Waals surface area contributed by atoms with Crippen molar-refractivity contribution < 1.29 is 9.18 Å². The largest absolute Gasteiger partial charge is 0.325 e. The molecule has 0 saturated carbocycles. The van der Waals surface area contributed by atoms with Crippen LogP contribution in [-0.2, 0) is 4.79 Å². The summed E-state index contributed by atoms with van der Waals surface area (Å²) >= 11 is 2.54. The van der Waals surface area contributed by atoms with Gasteiger partial charge in [0, 0.05) is 16.6 Å². The first-order chi connectivity index (χ1) is 14.0. The van der Waals surface area contributed by atoms with Crippen molar-refractivity contribution in [2.45, 2.75) is 12.1 Å². The highest BCUT2D eigenvalue weighted by Crippen LogP contribution is 2.31. The number of amides is 1. The number of thioether (sulfide) groups is 1. The Morgan fingerprint density at radius 1 is 1.17 bits per heavy atom. The molecule has 0 aliphatic heterocycles. The lowest BCUT2D eigenvalue weighted by Gasteiger charge is -2.05. The second-order valence-corrected chi connectivity index (χ2v) is 8.23. The van der Waals surface area contributed by atoms with Gasteiger partial charge in [-0.15, -0.1) is 11.3 Å². The zero-order chi connectivity index (χ0) is 20.4. The summed E-state index contributed by atoms with van der Waals surface area (Å²) in [4.78, 5) is 32.6.